The number of benzene rings is 1. The quantitative estimate of drug-likeness (QED) is 0.745. The largest absolute Gasteiger partial charge is 0.478 e. The fourth-order valence-electron chi connectivity index (χ4n) is 1.02. The first kappa shape index (κ1) is 11.8. The molecular weight excluding hydrogens is 219 g/mol. The molecule has 0 fully saturated rings. The van der Waals surface area contributed by atoms with Gasteiger partial charge in [-0.3, -0.25) is 0 Å². The van der Waals surface area contributed by atoms with Crippen molar-refractivity contribution >= 4 is 18.1 Å². The molecule has 5 heteroatoms. The molecule has 0 saturated carbocycles. The van der Waals surface area contributed by atoms with E-state index < -0.39 is 12.1 Å². The minimum absolute atomic E-state index is 0.0796. The second kappa shape index (κ2) is 5.60. The minimum Gasteiger partial charge on any atom is -0.478 e. The molecule has 1 atom stereocenters. The van der Waals surface area contributed by atoms with E-state index in [4.69, 9.17) is 4.74 Å². The Kier molecular flexibility index (Phi) is 4.42. The summed E-state index contributed by atoms with van der Waals surface area (Å²) in [4.78, 5) is 11.4. The second-order valence-electron chi connectivity index (χ2n) is 2.81. The van der Waals surface area contributed by atoms with Gasteiger partial charge in [-0.1, -0.05) is 12.1 Å². The summed E-state index contributed by atoms with van der Waals surface area (Å²) in [7, 11) is 1.28. The van der Waals surface area contributed by atoms with Crippen molar-refractivity contribution in [1.29, 1.82) is 0 Å². The SMILES string of the molecule is COC(=O)C(C)Oc1ccccc1SF. The number of carbonyl (C=O) groups is 1. The predicted octanol–water partition coefficient (Wildman–Crippen LogP) is 2.60. The van der Waals surface area contributed by atoms with E-state index >= 15 is 0 Å². The zero-order valence-corrected chi connectivity index (χ0v) is 9.21. The maximum absolute atomic E-state index is 12.4. The Balaban J connectivity index is 2.75. The molecule has 0 aliphatic rings. The van der Waals surface area contributed by atoms with Gasteiger partial charge in [0.05, 0.1) is 24.2 Å². The van der Waals surface area contributed by atoms with Crippen molar-refractivity contribution in [1.82, 2.24) is 0 Å². The molecule has 82 valence electrons. The number of rotatable bonds is 4. The van der Waals surface area contributed by atoms with Gasteiger partial charge < -0.3 is 9.47 Å². The number of ether oxygens (including phenoxy) is 2. The van der Waals surface area contributed by atoms with Crippen LogP contribution in [0.2, 0.25) is 0 Å². The lowest BCUT2D eigenvalue weighted by Crippen LogP contribution is -2.25. The number of hydrogen-bond acceptors (Lipinski definition) is 4. The lowest BCUT2D eigenvalue weighted by atomic mass is 10.3. The molecule has 1 unspecified atom stereocenters. The van der Waals surface area contributed by atoms with Crippen molar-refractivity contribution in [3.8, 4) is 5.75 Å². The summed E-state index contributed by atoms with van der Waals surface area (Å²) in [6.07, 6.45) is -0.747. The predicted molar refractivity (Wildman–Crippen MR) is 55.5 cm³/mol. The molecule has 0 aliphatic carbocycles. The molecule has 1 rings (SSSR count). The first-order valence-corrected chi connectivity index (χ1v) is 5.02. The van der Waals surface area contributed by atoms with Crippen LogP contribution < -0.4 is 4.74 Å². The first-order valence-electron chi connectivity index (χ1n) is 4.31. The molecule has 0 bridgehead atoms. The van der Waals surface area contributed by atoms with E-state index in [1.54, 1.807) is 31.2 Å². The minimum atomic E-state index is -0.747. The van der Waals surface area contributed by atoms with Gasteiger partial charge in [0.25, 0.3) is 0 Å². The summed E-state index contributed by atoms with van der Waals surface area (Å²) >= 11 is 0.0796. The van der Waals surface area contributed by atoms with Crippen LogP contribution in [0.5, 0.6) is 5.75 Å². The van der Waals surface area contributed by atoms with Crippen LogP contribution in [-0.4, -0.2) is 19.2 Å². The summed E-state index contributed by atoms with van der Waals surface area (Å²) in [5.74, 6) is -0.156. The second-order valence-corrected chi connectivity index (χ2v) is 3.40. The van der Waals surface area contributed by atoms with E-state index in [1.165, 1.54) is 7.11 Å². The highest BCUT2D eigenvalue weighted by molar-refractivity contribution is 7.94. The van der Waals surface area contributed by atoms with Crippen molar-refractivity contribution in [2.75, 3.05) is 7.11 Å². The molecule has 0 amide bonds. The van der Waals surface area contributed by atoms with Crippen molar-refractivity contribution in [2.45, 2.75) is 17.9 Å². The van der Waals surface area contributed by atoms with Crippen LogP contribution in [0.25, 0.3) is 0 Å². The van der Waals surface area contributed by atoms with Gasteiger partial charge in [0.2, 0.25) is 0 Å². The van der Waals surface area contributed by atoms with Gasteiger partial charge in [0.1, 0.15) is 5.75 Å². The van der Waals surface area contributed by atoms with Gasteiger partial charge in [-0.2, -0.15) is 3.89 Å². The van der Waals surface area contributed by atoms with Crippen molar-refractivity contribution in [3.05, 3.63) is 24.3 Å². The highest BCUT2D eigenvalue weighted by Gasteiger charge is 2.16. The third kappa shape index (κ3) is 3.13. The maximum atomic E-state index is 12.4. The van der Waals surface area contributed by atoms with Crippen LogP contribution in [0.15, 0.2) is 29.2 Å². The topological polar surface area (TPSA) is 35.5 Å². The number of methoxy groups -OCH3 is 1. The Morgan fingerprint density at radius 3 is 2.73 bits per heavy atom. The zero-order valence-electron chi connectivity index (χ0n) is 8.40. The van der Waals surface area contributed by atoms with Gasteiger partial charge >= 0.3 is 5.97 Å². The Morgan fingerprint density at radius 1 is 1.47 bits per heavy atom. The zero-order chi connectivity index (χ0) is 11.3. The van der Waals surface area contributed by atoms with Crippen LogP contribution in [0.4, 0.5) is 3.89 Å². The molecule has 0 spiro atoms. The summed E-state index contributed by atoms with van der Waals surface area (Å²) < 4.78 is 22.2. The van der Waals surface area contributed by atoms with Crippen molar-refractivity contribution < 1.29 is 18.2 Å². The van der Waals surface area contributed by atoms with Crippen LogP contribution in [0.3, 0.4) is 0 Å². The van der Waals surface area contributed by atoms with Gasteiger partial charge in [-0.05, 0) is 19.1 Å². The summed E-state index contributed by atoms with van der Waals surface area (Å²) in [5.41, 5.74) is 0. The van der Waals surface area contributed by atoms with Gasteiger partial charge in [0, 0.05) is 0 Å². The van der Waals surface area contributed by atoms with Crippen LogP contribution in [0.1, 0.15) is 6.92 Å². The Morgan fingerprint density at radius 2 is 2.13 bits per heavy atom. The monoisotopic (exact) mass is 230 g/mol. The molecule has 1 aromatic carbocycles. The molecule has 0 heterocycles. The molecule has 0 aliphatic heterocycles. The summed E-state index contributed by atoms with van der Waals surface area (Å²) in [5, 5.41) is 0. The van der Waals surface area contributed by atoms with E-state index in [0.717, 1.165) is 0 Å². The average molecular weight is 230 g/mol. The maximum Gasteiger partial charge on any atom is 0.346 e. The smallest absolute Gasteiger partial charge is 0.346 e. The molecule has 3 nitrogen and oxygen atoms in total. The van der Waals surface area contributed by atoms with Gasteiger partial charge in [-0.25, -0.2) is 4.79 Å². The van der Waals surface area contributed by atoms with Crippen LogP contribution >= 0.6 is 12.1 Å². The van der Waals surface area contributed by atoms with Gasteiger partial charge in [0.15, 0.2) is 6.10 Å². The Hall–Kier alpha value is -1.23. The summed E-state index contributed by atoms with van der Waals surface area (Å²) in [6.45, 7) is 1.55. The molecular formula is C10H11FO3S. The summed E-state index contributed by atoms with van der Waals surface area (Å²) in [6, 6.07) is 6.57. The average Bonchev–Trinajstić information content (AvgIpc) is 2.28. The number of halogens is 1. The molecule has 15 heavy (non-hydrogen) atoms. The van der Waals surface area contributed by atoms with Crippen LogP contribution in [0, 0.1) is 0 Å². The fourth-order valence-corrected chi connectivity index (χ4v) is 1.34. The first-order chi connectivity index (χ1) is 7.19. The van der Waals surface area contributed by atoms with Crippen molar-refractivity contribution in [3.63, 3.8) is 0 Å². The van der Waals surface area contributed by atoms with Crippen molar-refractivity contribution in [2.24, 2.45) is 0 Å². The number of esters is 1. The molecule has 0 N–H and O–H groups in total. The fraction of sp³-hybridized carbons (Fsp3) is 0.300. The highest BCUT2D eigenvalue weighted by Crippen LogP contribution is 2.30. The standard InChI is InChI=1S/C10H11FO3S/c1-7(10(12)13-2)14-8-5-3-4-6-9(8)15-11/h3-7H,1-2H3. The number of para-hydroxylation sites is 1. The van der Waals surface area contributed by atoms with E-state index in [2.05, 4.69) is 4.74 Å². The van der Waals surface area contributed by atoms with Gasteiger partial charge in [-0.15, -0.1) is 0 Å². The third-order valence-corrected chi connectivity index (χ3v) is 2.27. The highest BCUT2D eigenvalue weighted by atomic mass is 32.2. The third-order valence-electron chi connectivity index (χ3n) is 1.77. The van der Waals surface area contributed by atoms with Crippen LogP contribution in [-0.2, 0) is 9.53 Å². The Bertz CT molecular complexity index is 343. The van der Waals surface area contributed by atoms with E-state index in [1.807, 2.05) is 0 Å². The lowest BCUT2D eigenvalue weighted by Gasteiger charge is -2.13. The van der Waals surface area contributed by atoms with E-state index in [9.17, 15) is 8.68 Å². The molecule has 0 radical (unpaired) electrons. The van der Waals surface area contributed by atoms with E-state index in [0.29, 0.717) is 10.6 Å². The normalized spacial score (nSPS) is 11.9. The number of hydrogen-bond donors (Lipinski definition) is 0. The molecule has 0 saturated heterocycles. The number of carbonyl (C=O) groups excluding carboxylic acids is 1. The molecule has 1 aromatic rings. The molecule has 0 aromatic heterocycles. The van der Waals surface area contributed by atoms with E-state index in [-0.39, 0.29) is 12.1 Å². The lowest BCUT2D eigenvalue weighted by molar-refractivity contribution is -0.148. The Labute approximate surface area is 91.9 Å².